The third kappa shape index (κ3) is 2.02. The number of aromatic nitrogens is 4. The van der Waals surface area contributed by atoms with Gasteiger partial charge in [0.2, 0.25) is 0 Å². The minimum atomic E-state index is -1.54. The molecule has 1 saturated heterocycles. The molecule has 2 aromatic rings. The van der Waals surface area contributed by atoms with Crippen LogP contribution in [0.5, 0.6) is 0 Å². The number of rotatable bonds is 4. The van der Waals surface area contributed by atoms with Crippen molar-refractivity contribution >= 4 is 17.0 Å². The molecule has 0 unspecified atom stereocenters. The lowest BCUT2D eigenvalue weighted by Gasteiger charge is -2.27. The maximum absolute atomic E-state index is 11.3. The van der Waals surface area contributed by atoms with Crippen LogP contribution in [0.3, 0.4) is 0 Å². The highest BCUT2D eigenvalue weighted by molar-refractivity contribution is 5.83. The van der Waals surface area contributed by atoms with Crippen molar-refractivity contribution in [2.75, 3.05) is 11.9 Å². The lowest BCUT2D eigenvalue weighted by atomic mass is 9.95. The maximum atomic E-state index is 11.3. The third-order valence-corrected chi connectivity index (χ3v) is 7.26. The van der Waals surface area contributed by atoms with Gasteiger partial charge in [-0.25, -0.2) is 15.0 Å². The van der Waals surface area contributed by atoms with Gasteiger partial charge in [0.25, 0.3) is 0 Å². The molecule has 0 amide bonds. The number of hydrogen-bond donors (Lipinski definition) is 4. The fraction of sp³-hybridized carbons (Fsp3) is 0.737. The molecule has 0 bridgehead atoms. The molecule has 0 spiro atoms. The second-order valence-corrected chi connectivity index (χ2v) is 8.84. The van der Waals surface area contributed by atoms with Crippen LogP contribution in [0.1, 0.15) is 52.2 Å². The average molecular weight is 389 g/mol. The molecule has 9 nitrogen and oxygen atoms in total. The van der Waals surface area contributed by atoms with Crippen molar-refractivity contribution in [3.63, 3.8) is 0 Å². The molecule has 2 aromatic heterocycles. The number of aliphatic hydroxyl groups excluding tert-OH is 1. The van der Waals surface area contributed by atoms with Gasteiger partial charge >= 0.3 is 0 Å². The highest BCUT2D eigenvalue weighted by Gasteiger charge is 2.92. The Hall–Kier alpha value is -1.81. The second-order valence-electron chi connectivity index (χ2n) is 8.84. The van der Waals surface area contributed by atoms with E-state index in [1.165, 1.54) is 25.6 Å². The predicted molar refractivity (Wildman–Crippen MR) is 100 cm³/mol. The minimum absolute atomic E-state index is 0.371. The van der Waals surface area contributed by atoms with E-state index in [0.29, 0.717) is 23.0 Å². The van der Waals surface area contributed by atoms with Crippen LogP contribution in [0.25, 0.3) is 11.2 Å². The topological polar surface area (TPSA) is 126 Å². The number of hydrogen-bond acceptors (Lipinski definition) is 8. The van der Waals surface area contributed by atoms with Gasteiger partial charge < -0.3 is 25.4 Å². The number of fused-ring (bicyclic) bond motifs is 2. The molecule has 2 saturated carbocycles. The SMILES string of the molecule is CC1(C)[C@]2(O)[C@H](n3cnc4c(NC5CCCCC5)ncnc43)O[C@H](CO)[C@]12O. The van der Waals surface area contributed by atoms with Gasteiger partial charge in [0.1, 0.15) is 23.6 Å². The van der Waals surface area contributed by atoms with Crippen LogP contribution in [0.2, 0.25) is 0 Å². The number of anilines is 1. The third-order valence-electron chi connectivity index (χ3n) is 7.26. The Morgan fingerprint density at radius 1 is 1.14 bits per heavy atom. The molecule has 4 atom stereocenters. The summed E-state index contributed by atoms with van der Waals surface area (Å²) < 4.78 is 7.49. The minimum Gasteiger partial charge on any atom is -0.394 e. The zero-order chi connectivity index (χ0) is 19.7. The summed E-state index contributed by atoms with van der Waals surface area (Å²) in [6.45, 7) is 3.17. The van der Waals surface area contributed by atoms with Crippen LogP contribution >= 0.6 is 0 Å². The van der Waals surface area contributed by atoms with Crippen molar-refractivity contribution < 1.29 is 20.1 Å². The lowest BCUT2D eigenvalue weighted by molar-refractivity contribution is -0.123. The first kappa shape index (κ1) is 18.2. The normalized spacial score (nSPS) is 37.2. The summed E-state index contributed by atoms with van der Waals surface area (Å²) in [7, 11) is 0. The first-order valence-corrected chi connectivity index (χ1v) is 10.0. The van der Waals surface area contributed by atoms with E-state index in [2.05, 4.69) is 20.3 Å². The largest absolute Gasteiger partial charge is 0.394 e. The van der Waals surface area contributed by atoms with E-state index in [4.69, 9.17) is 4.74 Å². The quantitative estimate of drug-likeness (QED) is 0.609. The van der Waals surface area contributed by atoms with E-state index in [1.54, 1.807) is 24.7 Å². The fourth-order valence-corrected chi connectivity index (χ4v) is 5.41. The van der Waals surface area contributed by atoms with Crippen molar-refractivity contribution in [1.29, 1.82) is 0 Å². The van der Waals surface area contributed by atoms with Gasteiger partial charge in [-0.2, -0.15) is 0 Å². The molecule has 3 fully saturated rings. The van der Waals surface area contributed by atoms with Gasteiger partial charge in [0, 0.05) is 11.5 Å². The van der Waals surface area contributed by atoms with Crippen molar-refractivity contribution in [3.05, 3.63) is 12.7 Å². The molecule has 0 aromatic carbocycles. The molecule has 9 heteroatoms. The number of nitrogens with zero attached hydrogens (tertiary/aromatic N) is 4. The number of nitrogens with one attached hydrogen (secondary N) is 1. The Labute approximate surface area is 162 Å². The molecule has 1 aliphatic heterocycles. The monoisotopic (exact) mass is 389 g/mol. The van der Waals surface area contributed by atoms with E-state index in [1.807, 2.05) is 0 Å². The van der Waals surface area contributed by atoms with Gasteiger partial charge in [0.05, 0.1) is 12.9 Å². The Bertz CT molecular complexity index is 911. The van der Waals surface area contributed by atoms with E-state index >= 15 is 0 Å². The van der Waals surface area contributed by atoms with E-state index in [9.17, 15) is 15.3 Å². The van der Waals surface area contributed by atoms with Crippen LogP contribution < -0.4 is 5.32 Å². The van der Waals surface area contributed by atoms with Crippen molar-refractivity contribution in [2.45, 2.75) is 75.5 Å². The van der Waals surface area contributed by atoms with Crippen LogP contribution in [-0.4, -0.2) is 64.8 Å². The smallest absolute Gasteiger partial charge is 0.169 e. The first-order valence-electron chi connectivity index (χ1n) is 10.0. The molecule has 4 N–H and O–H groups in total. The first-order chi connectivity index (χ1) is 13.4. The number of ether oxygens (including phenoxy) is 1. The lowest BCUT2D eigenvalue weighted by Crippen LogP contribution is -2.36. The Morgan fingerprint density at radius 2 is 1.89 bits per heavy atom. The molecule has 3 aliphatic rings. The average Bonchev–Trinajstić information content (AvgIpc) is 3.06. The summed E-state index contributed by atoms with van der Waals surface area (Å²) in [5.41, 5.74) is -2.76. The van der Waals surface area contributed by atoms with E-state index in [0.717, 1.165) is 12.8 Å². The highest BCUT2D eigenvalue weighted by atomic mass is 16.6. The summed E-state index contributed by atoms with van der Waals surface area (Å²) in [5.74, 6) is 0.671. The zero-order valence-corrected chi connectivity index (χ0v) is 16.2. The maximum Gasteiger partial charge on any atom is 0.169 e. The Kier molecular flexibility index (Phi) is 3.81. The predicted octanol–water partition coefficient (Wildman–Crippen LogP) is 0.963. The summed E-state index contributed by atoms with van der Waals surface area (Å²) in [4.78, 5) is 13.2. The summed E-state index contributed by atoms with van der Waals surface area (Å²) in [6, 6.07) is 0.371. The molecule has 28 heavy (non-hydrogen) atoms. The van der Waals surface area contributed by atoms with Crippen LogP contribution in [0.4, 0.5) is 5.82 Å². The van der Waals surface area contributed by atoms with Crippen LogP contribution in [0, 0.1) is 5.41 Å². The Morgan fingerprint density at radius 3 is 2.57 bits per heavy atom. The van der Waals surface area contributed by atoms with E-state index < -0.39 is 28.9 Å². The van der Waals surface area contributed by atoms with Gasteiger partial charge in [-0.1, -0.05) is 33.1 Å². The summed E-state index contributed by atoms with van der Waals surface area (Å²) >= 11 is 0. The second kappa shape index (κ2) is 5.85. The zero-order valence-electron chi connectivity index (χ0n) is 16.2. The molecular weight excluding hydrogens is 362 g/mol. The molecular formula is C19H27N5O4. The van der Waals surface area contributed by atoms with Crippen molar-refractivity contribution in [2.24, 2.45) is 5.41 Å². The Balaban J connectivity index is 1.52. The van der Waals surface area contributed by atoms with Gasteiger partial charge in [-0.15, -0.1) is 0 Å². The van der Waals surface area contributed by atoms with Gasteiger partial charge in [-0.3, -0.25) is 4.57 Å². The molecule has 152 valence electrons. The molecule has 3 heterocycles. The van der Waals surface area contributed by atoms with Crippen molar-refractivity contribution in [1.82, 2.24) is 19.5 Å². The molecule has 0 radical (unpaired) electrons. The van der Waals surface area contributed by atoms with Crippen LogP contribution in [0.15, 0.2) is 12.7 Å². The molecule has 5 rings (SSSR count). The van der Waals surface area contributed by atoms with Crippen LogP contribution in [-0.2, 0) is 4.74 Å². The number of aliphatic hydroxyl groups is 3. The highest BCUT2D eigenvalue weighted by Crippen LogP contribution is 2.75. The standard InChI is InChI=1S/C19H27N5O4/c1-17(2)18(26)12(8-25)28-16(19(17,18)27)24-10-22-13-14(20-9-21-15(13)24)23-11-6-4-3-5-7-11/h9-12,16,25-27H,3-8H2,1-2H3,(H,20,21,23)/t12-,16-,18+,19-/m1/s1. The summed E-state index contributed by atoms with van der Waals surface area (Å²) in [6.07, 6.45) is 7.16. The van der Waals surface area contributed by atoms with Gasteiger partial charge in [-0.05, 0) is 12.8 Å². The van der Waals surface area contributed by atoms with Crippen molar-refractivity contribution in [3.8, 4) is 0 Å². The molecule has 2 aliphatic carbocycles. The number of imidazole rings is 1. The van der Waals surface area contributed by atoms with Gasteiger partial charge in [0.15, 0.2) is 23.2 Å². The van der Waals surface area contributed by atoms with E-state index in [-0.39, 0.29) is 6.61 Å². The fourth-order valence-electron chi connectivity index (χ4n) is 5.41. The summed E-state index contributed by atoms with van der Waals surface area (Å²) in [5, 5.41) is 35.5.